The molecule has 0 saturated carbocycles. The van der Waals surface area contributed by atoms with E-state index in [4.69, 9.17) is 0 Å². The van der Waals surface area contributed by atoms with Crippen LogP contribution in [0.25, 0.3) is 0 Å². The quantitative estimate of drug-likeness (QED) is 0.0375. The minimum atomic E-state index is -3.92. The molecular formula is C72H148NO3S+. The van der Waals surface area contributed by atoms with Crippen molar-refractivity contribution < 1.29 is 17.5 Å². The highest BCUT2D eigenvalue weighted by molar-refractivity contribution is 7.85. The highest BCUT2D eigenvalue weighted by atomic mass is 32.2. The first-order valence-electron chi connectivity index (χ1n) is 36.7. The van der Waals surface area contributed by atoms with Crippen molar-refractivity contribution >= 4 is 10.1 Å². The first-order valence-corrected chi connectivity index (χ1v) is 38.3. The van der Waals surface area contributed by atoms with Crippen LogP contribution >= 0.6 is 0 Å². The van der Waals surface area contributed by atoms with Gasteiger partial charge in [-0.2, -0.15) is 8.42 Å². The molecule has 77 heavy (non-hydrogen) atoms. The van der Waals surface area contributed by atoms with Crippen LogP contribution in [0.3, 0.4) is 0 Å². The highest BCUT2D eigenvalue weighted by Gasteiger charge is 2.27. The Morgan fingerprint density at radius 2 is 0.312 bits per heavy atom. The molecule has 0 rings (SSSR count). The zero-order valence-corrected chi connectivity index (χ0v) is 54.7. The van der Waals surface area contributed by atoms with Crippen LogP contribution < -0.4 is 0 Å². The lowest BCUT2D eigenvalue weighted by atomic mass is 10.0. The van der Waals surface area contributed by atoms with E-state index in [0.717, 1.165) is 11.0 Å². The molecule has 0 saturated heterocycles. The highest BCUT2D eigenvalue weighted by Crippen LogP contribution is 2.23. The lowest BCUT2D eigenvalue weighted by molar-refractivity contribution is -0.928. The van der Waals surface area contributed by atoms with Crippen LogP contribution in [-0.4, -0.2) is 49.4 Å². The Balaban J connectivity index is 4.59. The fourth-order valence-corrected chi connectivity index (χ4v) is 13.4. The fraction of sp³-hybridized carbons (Fsp3) is 1.00. The maximum Gasteiger partial charge on any atom is 0.265 e. The molecule has 0 aliphatic heterocycles. The zero-order chi connectivity index (χ0) is 55.8. The van der Waals surface area contributed by atoms with Crippen molar-refractivity contribution in [3.8, 4) is 0 Å². The molecule has 464 valence electrons. The van der Waals surface area contributed by atoms with Crippen LogP contribution in [0.2, 0.25) is 0 Å². The lowest BCUT2D eigenvalue weighted by Crippen LogP contribution is -2.51. The summed E-state index contributed by atoms with van der Waals surface area (Å²) in [4.78, 5) is 0. The Morgan fingerprint density at radius 3 is 0.442 bits per heavy atom. The van der Waals surface area contributed by atoms with Gasteiger partial charge < -0.3 is 4.48 Å². The maximum absolute atomic E-state index is 11.9. The summed E-state index contributed by atoms with van der Waals surface area (Å²) >= 11 is 0. The maximum atomic E-state index is 11.9. The van der Waals surface area contributed by atoms with Crippen LogP contribution in [-0.2, 0) is 10.1 Å². The number of nitrogens with zero attached hydrogens (tertiary/aromatic N) is 1. The Hall–Kier alpha value is -0.130. The third-order valence-corrected chi connectivity index (χ3v) is 19.0. The number of quaternary nitrogens is 1. The van der Waals surface area contributed by atoms with Gasteiger partial charge in [0.05, 0.1) is 31.9 Å². The van der Waals surface area contributed by atoms with Crippen molar-refractivity contribution in [1.29, 1.82) is 0 Å². The molecule has 0 aliphatic carbocycles. The Morgan fingerprint density at radius 1 is 0.195 bits per heavy atom. The number of hydrogen-bond donors (Lipinski definition) is 1. The zero-order valence-electron chi connectivity index (χ0n) is 53.9. The smallest absolute Gasteiger partial charge is 0.265 e. The van der Waals surface area contributed by atoms with E-state index in [1.807, 2.05) is 0 Å². The van der Waals surface area contributed by atoms with E-state index in [9.17, 15) is 13.0 Å². The second-order valence-corrected chi connectivity index (χ2v) is 27.7. The SMILES string of the molecule is CCCCCCCCCCCCCCCCCCCCCCC[N+](CCCCCCCCCCCCCCCCCCCCCCC)(CCCCCCCCCCCCCCCCCCCCCCC)CCCS(=O)(=O)O. The van der Waals surface area contributed by atoms with Crippen molar-refractivity contribution in [1.82, 2.24) is 0 Å². The Labute approximate surface area is 488 Å². The molecule has 0 bridgehead atoms. The first-order chi connectivity index (χ1) is 37.9. The second-order valence-electron chi connectivity index (χ2n) is 26.1. The van der Waals surface area contributed by atoms with Crippen LogP contribution in [0.5, 0.6) is 0 Å². The van der Waals surface area contributed by atoms with E-state index in [0.29, 0.717) is 6.42 Å². The minimum absolute atomic E-state index is 0.0784. The van der Waals surface area contributed by atoms with Crippen molar-refractivity contribution in [2.24, 2.45) is 0 Å². The minimum Gasteiger partial charge on any atom is -0.324 e. The van der Waals surface area contributed by atoms with Gasteiger partial charge in [0.1, 0.15) is 0 Å². The van der Waals surface area contributed by atoms with Gasteiger partial charge in [0.2, 0.25) is 0 Å². The van der Waals surface area contributed by atoms with E-state index < -0.39 is 10.1 Å². The topological polar surface area (TPSA) is 54.4 Å². The summed E-state index contributed by atoms with van der Waals surface area (Å²) in [5.74, 6) is -0.0784. The molecule has 1 N–H and O–H groups in total. The van der Waals surface area contributed by atoms with Crippen LogP contribution in [0, 0.1) is 0 Å². The molecule has 0 amide bonds. The first kappa shape index (κ1) is 76.9. The molecule has 0 aliphatic rings. The molecule has 0 unspecified atom stereocenters. The summed E-state index contributed by atoms with van der Waals surface area (Å²) in [6, 6.07) is 0. The van der Waals surface area contributed by atoms with Gasteiger partial charge in [0.25, 0.3) is 10.1 Å². The Kier molecular flexibility index (Phi) is 64.9. The summed E-state index contributed by atoms with van der Waals surface area (Å²) in [5, 5.41) is 0. The molecule has 0 radical (unpaired) electrons. The van der Waals surface area contributed by atoms with Gasteiger partial charge >= 0.3 is 0 Å². The van der Waals surface area contributed by atoms with Gasteiger partial charge in [-0.15, -0.1) is 0 Å². The number of hydrogen-bond acceptors (Lipinski definition) is 2. The van der Waals surface area contributed by atoms with Gasteiger partial charge in [-0.05, 0) is 38.5 Å². The monoisotopic (exact) mass is 1110 g/mol. The average molecular weight is 1110 g/mol. The summed E-state index contributed by atoms with van der Waals surface area (Å²) in [6.45, 7) is 11.4. The van der Waals surface area contributed by atoms with E-state index in [1.54, 1.807) is 0 Å². The van der Waals surface area contributed by atoms with Crippen LogP contribution in [0.15, 0.2) is 0 Å². The molecule has 0 spiro atoms. The molecule has 0 fully saturated rings. The second kappa shape index (κ2) is 65.0. The summed E-state index contributed by atoms with van der Waals surface area (Å²) < 4.78 is 34.7. The third-order valence-electron chi connectivity index (χ3n) is 18.2. The summed E-state index contributed by atoms with van der Waals surface area (Å²) in [7, 11) is -3.92. The molecular weight excluding hydrogens is 959 g/mol. The van der Waals surface area contributed by atoms with Gasteiger partial charge in [-0.1, -0.05) is 387 Å². The molecule has 0 atom stereocenters. The van der Waals surface area contributed by atoms with Gasteiger partial charge in [-0.25, -0.2) is 0 Å². The average Bonchev–Trinajstić information content (AvgIpc) is 3.42. The van der Waals surface area contributed by atoms with Crippen LogP contribution in [0.4, 0.5) is 0 Å². The van der Waals surface area contributed by atoms with E-state index in [-0.39, 0.29) is 5.75 Å². The van der Waals surface area contributed by atoms with Gasteiger partial charge in [0, 0.05) is 6.42 Å². The lowest BCUT2D eigenvalue weighted by Gasteiger charge is -2.39. The van der Waals surface area contributed by atoms with Crippen molar-refractivity contribution in [3.05, 3.63) is 0 Å². The third kappa shape index (κ3) is 64.9. The molecule has 0 aromatic carbocycles. The van der Waals surface area contributed by atoms with E-state index >= 15 is 0 Å². The molecule has 0 aromatic rings. The largest absolute Gasteiger partial charge is 0.324 e. The van der Waals surface area contributed by atoms with Crippen molar-refractivity contribution in [2.45, 2.75) is 432 Å². The van der Waals surface area contributed by atoms with Gasteiger partial charge in [-0.3, -0.25) is 4.55 Å². The molecule has 4 nitrogen and oxygen atoms in total. The normalized spacial score (nSPS) is 12.2. The Bertz CT molecular complexity index is 1060. The fourth-order valence-electron chi connectivity index (χ4n) is 12.9. The van der Waals surface area contributed by atoms with Gasteiger partial charge in [0.15, 0.2) is 0 Å². The number of unbranched alkanes of at least 4 members (excludes halogenated alkanes) is 60. The summed E-state index contributed by atoms with van der Waals surface area (Å²) in [6.07, 6.45) is 89.8. The molecule has 0 aromatic heterocycles. The standard InChI is InChI=1S/C72H147NO3S/c1-4-7-10-13-16-19-22-25-28-31-34-37-40-43-46-49-52-55-58-61-64-68-73(71-67-72-77(74,75)76,69-65-62-59-56-53-50-47-44-41-38-35-32-29-26-23-20-17-14-11-8-5-2)70-66-63-60-57-54-51-48-45-42-39-36-33-30-27-24-21-18-15-12-9-6-3/h4-72H2,1-3H3/p+1. The van der Waals surface area contributed by atoms with E-state index in [1.165, 1.54) is 424 Å². The predicted molar refractivity (Wildman–Crippen MR) is 349 cm³/mol. The molecule has 0 heterocycles. The van der Waals surface area contributed by atoms with Crippen molar-refractivity contribution in [2.75, 3.05) is 31.9 Å². The number of rotatable bonds is 70. The predicted octanol–water partition coefficient (Wildman–Crippen LogP) is 25.7. The molecule has 5 heteroatoms. The van der Waals surface area contributed by atoms with Crippen molar-refractivity contribution in [3.63, 3.8) is 0 Å². The summed E-state index contributed by atoms with van der Waals surface area (Å²) in [5.41, 5.74) is 0. The van der Waals surface area contributed by atoms with E-state index in [2.05, 4.69) is 20.8 Å². The van der Waals surface area contributed by atoms with Crippen LogP contribution in [0.1, 0.15) is 432 Å².